The van der Waals surface area contributed by atoms with Crippen LogP contribution in [-0.4, -0.2) is 62.6 Å². The zero-order chi connectivity index (χ0) is 44.5. The molecule has 0 saturated heterocycles. The van der Waals surface area contributed by atoms with Crippen molar-refractivity contribution >= 4 is 116 Å². The van der Waals surface area contributed by atoms with Crippen molar-refractivity contribution in [3.05, 3.63) is 122 Å². The molecule has 0 amide bonds. The predicted octanol–water partition coefficient (Wildman–Crippen LogP) is 8.29. The predicted molar refractivity (Wildman–Crippen MR) is 239 cm³/mol. The Morgan fingerprint density at radius 1 is 0.635 bits per heavy atom. The van der Waals surface area contributed by atoms with Crippen molar-refractivity contribution in [1.82, 2.24) is 9.13 Å². The molecule has 8 aromatic rings. The van der Waals surface area contributed by atoms with Gasteiger partial charge in [-0.2, -0.15) is 0 Å². The Bertz CT molecular complexity index is 3360. The van der Waals surface area contributed by atoms with Crippen LogP contribution in [0.25, 0.3) is 63.8 Å². The minimum absolute atomic E-state index is 0.0359. The van der Waals surface area contributed by atoms with Crippen LogP contribution in [0.4, 0.5) is 5.69 Å². The standard InChI is InChI=1S/C46H37N5O11S/c1-25(47-61-27(3)52)29-10-14-37-34(20-29)35-22-31(51(57)58)12-16-38(35)49(37)23-42(54)59-18-7-19-60-43(55)24-50-39-15-11-30(26(2)48-62-28(4)53)21-36(39)44-40(50)17-13-33-45(56)32-8-5-6-9-41(32)63-46(33)44/h5-6,8-17,20-22H,7,18-19,23-24H2,1-4H3/b47-25+,48-26-. The quantitative estimate of drug-likeness (QED) is 0.0205. The van der Waals surface area contributed by atoms with Crippen LogP contribution in [-0.2, 0) is 51.4 Å². The molecule has 0 saturated carbocycles. The van der Waals surface area contributed by atoms with Crippen molar-refractivity contribution in [1.29, 1.82) is 0 Å². The van der Waals surface area contributed by atoms with Crippen LogP contribution < -0.4 is 5.43 Å². The van der Waals surface area contributed by atoms with Gasteiger partial charge < -0.3 is 28.3 Å². The number of fused-ring (bicyclic) bond motifs is 9. The number of rotatable bonds is 13. The van der Waals surface area contributed by atoms with Crippen molar-refractivity contribution < 1.29 is 43.3 Å². The first-order valence-corrected chi connectivity index (χ1v) is 20.5. The van der Waals surface area contributed by atoms with E-state index in [1.807, 2.05) is 47.0 Å². The molecule has 0 bridgehead atoms. The van der Waals surface area contributed by atoms with E-state index >= 15 is 0 Å². The highest BCUT2D eigenvalue weighted by Gasteiger charge is 2.21. The van der Waals surface area contributed by atoms with Gasteiger partial charge in [0.2, 0.25) is 0 Å². The minimum atomic E-state index is -0.583. The van der Waals surface area contributed by atoms with Gasteiger partial charge in [0.05, 0.1) is 40.6 Å². The number of carbonyl (C=O) groups excluding carboxylic acids is 4. The number of aromatic nitrogens is 2. The molecule has 17 heteroatoms. The van der Waals surface area contributed by atoms with Gasteiger partial charge >= 0.3 is 23.9 Å². The van der Waals surface area contributed by atoms with Crippen LogP contribution in [0, 0.1) is 10.1 Å². The van der Waals surface area contributed by atoms with Crippen molar-refractivity contribution in [2.24, 2.45) is 10.3 Å². The van der Waals surface area contributed by atoms with E-state index in [4.69, 9.17) is 19.1 Å². The smallest absolute Gasteiger partial charge is 0.331 e. The van der Waals surface area contributed by atoms with Crippen LogP contribution in [0.15, 0.2) is 106 Å². The molecule has 0 N–H and O–H groups in total. The Balaban J connectivity index is 0.987. The average molecular weight is 868 g/mol. The largest absolute Gasteiger partial charge is 0.464 e. The molecule has 16 nitrogen and oxygen atoms in total. The number of benzene rings is 5. The molecular formula is C46H37N5O11S. The van der Waals surface area contributed by atoms with E-state index in [0.717, 1.165) is 20.2 Å². The van der Waals surface area contributed by atoms with Crippen LogP contribution in [0.5, 0.6) is 0 Å². The summed E-state index contributed by atoms with van der Waals surface area (Å²) in [4.78, 5) is 83.8. The van der Waals surface area contributed by atoms with Gasteiger partial charge in [-0.25, -0.2) is 9.59 Å². The third-order valence-corrected chi connectivity index (χ3v) is 11.7. The summed E-state index contributed by atoms with van der Waals surface area (Å²) in [5, 5.41) is 23.3. The van der Waals surface area contributed by atoms with E-state index in [1.54, 1.807) is 54.8 Å². The number of hydrogen-bond donors (Lipinski definition) is 0. The molecule has 0 spiro atoms. The molecule has 8 rings (SSSR count). The maximum atomic E-state index is 13.7. The monoisotopic (exact) mass is 867 g/mol. The summed E-state index contributed by atoms with van der Waals surface area (Å²) in [5.74, 6) is -2.24. The third kappa shape index (κ3) is 8.33. The molecule has 0 aliphatic heterocycles. The van der Waals surface area contributed by atoms with Crippen LogP contribution >= 0.6 is 11.3 Å². The minimum Gasteiger partial charge on any atom is -0.464 e. The number of hydrogen-bond acceptors (Lipinski definition) is 14. The second kappa shape index (κ2) is 17.3. The van der Waals surface area contributed by atoms with Crippen molar-refractivity contribution in [2.75, 3.05) is 13.2 Å². The van der Waals surface area contributed by atoms with Gasteiger partial charge in [0.25, 0.3) is 5.69 Å². The fourth-order valence-electron chi connectivity index (χ4n) is 7.59. The Hall–Kier alpha value is -7.79. The van der Waals surface area contributed by atoms with Crippen molar-refractivity contribution in [3.8, 4) is 0 Å². The lowest BCUT2D eigenvalue weighted by Crippen LogP contribution is -2.17. The van der Waals surface area contributed by atoms with E-state index in [-0.39, 0.29) is 43.8 Å². The molecule has 0 fully saturated rings. The van der Waals surface area contributed by atoms with Gasteiger partial charge in [-0.15, -0.1) is 11.3 Å². The van der Waals surface area contributed by atoms with E-state index in [9.17, 15) is 34.1 Å². The number of ether oxygens (including phenoxy) is 2. The highest BCUT2D eigenvalue weighted by atomic mass is 32.1. The summed E-state index contributed by atoms with van der Waals surface area (Å²) in [6, 6.07) is 26.2. The van der Waals surface area contributed by atoms with Gasteiger partial charge in [-0.3, -0.25) is 24.5 Å². The molecule has 3 heterocycles. The van der Waals surface area contributed by atoms with Crippen molar-refractivity contribution in [3.63, 3.8) is 0 Å². The second-order valence-corrected chi connectivity index (χ2v) is 15.7. The van der Waals surface area contributed by atoms with Gasteiger partial charge in [-0.05, 0) is 79.6 Å². The van der Waals surface area contributed by atoms with Crippen molar-refractivity contribution in [2.45, 2.75) is 47.2 Å². The molecule has 3 aromatic heterocycles. The topological polar surface area (TPSA) is 200 Å². The Labute approximate surface area is 360 Å². The first-order chi connectivity index (χ1) is 30.3. The fraction of sp³-hybridized carbons (Fsp3) is 0.196. The number of esters is 2. The summed E-state index contributed by atoms with van der Waals surface area (Å²) in [6.07, 6.45) is 0.213. The third-order valence-electron chi connectivity index (χ3n) is 10.5. The molecule has 63 heavy (non-hydrogen) atoms. The lowest BCUT2D eigenvalue weighted by Gasteiger charge is -2.10. The fourth-order valence-corrected chi connectivity index (χ4v) is 8.81. The molecular weight excluding hydrogens is 831 g/mol. The van der Waals surface area contributed by atoms with Gasteiger partial charge in [0, 0.05) is 85.2 Å². The first kappa shape index (κ1) is 41.9. The molecule has 0 unspecified atom stereocenters. The first-order valence-electron chi connectivity index (χ1n) is 19.7. The van der Waals surface area contributed by atoms with Gasteiger partial charge in [-0.1, -0.05) is 34.6 Å². The molecule has 0 aliphatic carbocycles. The van der Waals surface area contributed by atoms with E-state index in [2.05, 4.69) is 10.3 Å². The molecule has 318 valence electrons. The zero-order valence-electron chi connectivity index (χ0n) is 34.3. The summed E-state index contributed by atoms with van der Waals surface area (Å²) in [7, 11) is 0. The number of non-ortho nitro benzene ring substituents is 1. The summed E-state index contributed by atoms with van der Waals surface area (Å²) < 4.78 is 16.3. The van der Waals surface area contributed by atoms with E-state index in [0.29, 0.717) is 66.2 Å². The van der Waals surface area contributed by atoms with Crippen LogP contribution in [0.2, 0.25) is 0 Å². The Kier molecular flexibility index (Phi) is 11.5. The second-order valence-electron chi connectivity index (χ2n) is 14.7. The molecule has 5 aromatic carbocycles. The Morgan fingerprint density at radius 3 is 1.76 bits per heavy atom. The zero-order valence-corrected chi connectivity index (χ0v) is 35.1. The number of oxime groups is 2. The van der Waals surface area contributed by atoms with E-state index in [1.165, 1.54) is 37.3 Å². The summed E-state index contributed by atoms with van der Waals surface area (Å²) in [5.41, 5.74) is 4.53. The number of carbonyl (C=O) groups is 4. The molecule has 0 atom stereocenters. The van der Waals surface area contributed by atoms with E-state index < -0.39 is 28.8 Å². The maximum absolute atomic E-state index is 13.7. The van der Waals surface area contributed by atoms with Gasteiger partial charge in [0.1, 0.15) is 13.1 Å². The number of nitro benzene ring substituents is 1. The lowest BCUT2D eigenvalue weighted by atomic mass is 10.1. The average Bonchev–Trinajstić information content (AvgIpc) is 3.75. The highest BCUT2D eigenvalue weighted by molar-refractivity contribution is 7.25. The molecule has 0 aliphatic rings. The number of nitro groups is 1. The summed E-state index contributed by atoms with van der Waals surface area (Å²) in [6.45, 7) is 5.42. The van der Waals surface area contributed by atoms with Crippen LogP contribution in [0.1, 0.15) is 45.2 Å². The Morgan fingerprint density at radius 2 is 1.16 bits per heavy atom. The van der Waals surface area contributed by atoms with Crippen LogP contribution in [0.3, 0.4) is 0 Å². The normalized spacial score (nSPS) is 12.1. The van der Waals surface area contributed by atoms with Gasteiger partial charge in [0.15, 0.2) is 5.43 Å². The number of nitrogens with zero attached hydrogens (tertiary/aromatic N) is 5. The lowest BCUT2D eigenvalue weighted by molar-refractivity contribution is -0.384. The SMILES string of the molecule is CC(=O)O/N=C(/C)c1ccc2c(c1)c1c3sc4ccccc4c(=O)c3ccc1n2CC(=O)OCCCOC(=O)Cn1c2ccc(/C(C)=N/OC(C)=O)cc2c2cc([N+](=O)[O-])ccc21. The highest BCUT2D eigenvalue weighted by Crippen LogP contribution is 2.38. The summed E-state index contributed by atoms with van der Waals surface area (Å²) >= 11 is 1.48. The molecule has 0 radical (unpaired) electrons. The maximum Gasteiger partial charge on any atom is 0.331 e.